The van der Waals surface area contributed by atoms with Crippen molar-refractivity contribution in [1.29, 1.82) is 0 Å². The SMILES string of the molecule is Clc1cc2c(cc1Cl)-c1nc-2cc2[nH]c(nc3nc(nc4[nH]c(n1)c1cc(Cl)c(Cl)cc41)-c1cc(Cl)c(Cl)cc1-3)c1cc(Cl)c(Cl)cc21. The third-order valence-electron chi connectivity index (χ3n) is 8.16. The summed E-state index contributed by atoms with van der Waals surface area (Å²) in [7, 11) is 0. The highest BCUT2D eigenvalue weighted by molar-refractivity contribution is 6.45. The number of nitrogens with one attached hydrogen (secondary N) is 2. The molecule has 5 heterocycles. The predicted octanol–water partition coefficient (Wildman–Crippen LogP) is 12.7. The van der Waals surface area contributed by atoms with Gasteiger partial charge >= 0.3 is 0 Å². The molecule has 0 atom stereocenters. The Morgan fingerprint density at radius 2 is 0.688 bits per heavy atom. The van der Waals surface area contributed by atoms with Crippen molar-refractivity contribution in [1.82, 2.24) is 34.9 Å². The first-order valence-electron chi connectivity index (χ1n) is 13.9. The first kappa shape index (κ1) is 30.7. The van der Waals surface area contributed by atoms with E-state index in [1.807, 2.05) is 6.07 Å². The molecule has 0 aliphatic carbocycles. The van der Waals surface area contributed by atoms with E-state index in [-0.39, 0.29) is 0 Å². The Hall–Kier alpha value is -3.37. The van der Waals surface area contributed by atoms with Crippen molar-refractivity contribution in [3.63, 3.8) is 0 Å². The number of aromatic amines is 2. The summed E-state index contributed by atoms with van der Waals surface area (Å²) in [6, 6.07) is 15.7. The molecule has 0 amide bonds. The van der Waals surface area contributed by atoms with Crippen molar-refractivity contribution >= 4 is 137 Å². The molecule has 2 N–H and O–H groups in total. The predicted molar refractivity (Wildman–Crippen MR) is 198 cm³/mol. The lowest BCUT2D eigenvalue weighted by Crippen LogP contribution is -1.84. The molecule has 0 radical (unpaired) electrons. The van der Waals surface area contributed by atoms with Gasteiger partial charge in [-0.05, 0) is 54.6 Å². The van der Waals surface area contributed by atoms with Gasteiger partial charge in [0.15, 0.2) is 17.5 Å². The third kappa shape index (κ3) is 4.76. The van der Waals surface area contributed by atoms with Gasteiger partial charge in [-0.15, -0.1) is 0 Å². The van der Waals surface area contributed by atoms with Gasteiger partial charge in [-0.3, -0.25) is 0 Å². The van der Waals surface area contributed by atoms with E-state index in [9.17, 15) is 0 Å². The molecule has 15 heteroatoms. The largest absolute Gasteiger partial charge is 0.339 e. The van der Waals surface area contributed by atoms with Crippen LogP contribution in [0, 0.1) is 0 Å². The Morgan fingerprint density at radius 3 is 1.19 bits per heavy atom. The van der Waals surface area contributed by atoms with E-state index in [1.165, 1.54) is 0 Å². The van der Waals surface area contributed by atoms with Crippen molar-refractivity contribution in [3.8, 4) is 45.4 Å². The second-order valence-corrected chi connectivity index (χ2v) is 14.3. The summed E-state index contributed by atoms with van der Waals surface area (Å²) in [5, 5.41) is 5.53. The van der Waals surface area contributed by atoms with E-state index in [2.05, 4.69) is 9.97 Å². The number of hydrogen-bond acceptors (Lipinski definition) is 5. The second kappa shape index (κ2) is 11.1. The fourth-order valence-electron chi connectivity index (χ4n) is 5.93. The van der Waals surface area contributed by atoms with Gasteiger partial charge < -0.3 is 9.97 Å². The lowest BCUT2D eigenvalue weighted by atomic mass is 10.1. The number of rotatable bonds is 0. The zero-order chi connectivity index (χ0) is 33.2. The highest BCUT2D eigenvalue weighted by Crippen LogP contribution is 2.43. The molecule has 7 nitrogen and oxygen atoms in total. The van der Waals surface area contributed by atoms with Crippen LogP contribution in [0.25, 0.3) is 89.4 Å². The summed E-state index contributed by atoms with van der Waals surface area (Å²) < 4.78 is 0. The van der Waals surface area contributed by atoms with Crippen molar-refractivity contribution in [2.75, 3.05) is 0 Å². The van der Waals surface area contributed by atoms with Gasteiger partial charge in [-0.2, -0.15) is 0 Å². The zero-order valence-electron chi connectivity index (χ0n) is 23.5. The summed E-state index contributed by atoms with van der Waals surface area (Å²) in [5.74, 6) is 1.06. The molecule has 8 bridgehead atoms. The van der Waals surface area contributed by atoms with Crippen LogP contribution in [0.3, 0.4) is 0 Å². The Labute approximate surface area is 309 Å². The standard InChI is InChI=1S/C33H11Cl8N7/c34-18-1-10-12(3-20(18)36)28-42-26(10)9-27-11-2-19(35)21(37)4-13(11)29(43-27)45-31-15-6-23(39)25(41)8-17(15)33(47-31)48-32-16-7-24(40)22(38)5-14(16)30(44-28)46-32/h1-9H,(H2,42,43,44,45,46,47,48). The lowest BCUT2D eigenvalue weighted by Gasteiger charge is -2.02. The number of H-pyrrole nitrogens is 2. The average molecular weight is 789 g/mol. The van der Waals surface area contributed by atoms with Crippen LogP contribution in [0.5, 0.6) is 0 Å². The van der Waals surface area contributed by atoms with Crippen LogP contribution in [0.1, 0.15) is 0 Å². The van der Waals surface area contributed by atoms with Crippen molar-refractivity contribution in [3.05, 3.63) is 94.8 Å². The van der Waals surface area contributed by atoms with Gasteiger partial charge in [0, 0.05) is 49.3 Å². The topological polar surface area (TPSA) is 96.0 Å². The highest BCUT2D eigenvalue weighted by Gasteiger charge is 2.24. The maximum absolute atomic E-state index is 6.51. The fourth-order valence-corrected chi connectivity index (χ4v) is 7.24. The molecular weight excluding hydrogens is 778 g/mol. The normalized spacial score (nSPS) is 12.2. The molecule has 7 aromatic rings. The number of fused-ring (bicyclic) bond motifs is 20. The Morgan fingerprint density at radius 1 is 0.333 bits per heavy atom. The Balaban J connectivity index is 1.52. The van der Waals surface area contributed by atoms with Crippen LogP contribution >= 0.6 is 92.8 Å². The minimum absolute atomic E-state index is 0.333. The maximum Gasteiger partial charge on any atom is 0.164 e. The van der Waals surface area contributed by atoms with Gasteiger partial charge in [0.05, 0.1) is 45.9 Å². The maximum atomic E-state index is 6.51. The van der Waals surface area contributed by atoms with Crippen LogP contribution in [0.15, 0.2) is 54.6 Å². The van der Waals surface area contributed by atoms with Gasteiger partial charge in [0.1, 0.15) is 16.9 Å². The molecule has 2 aliphatic rings. The summed E-state index contributed by atoms with van der Waals surface area (Å²) in [4.78, 5) is 31.4. The molecule has 9 rings (SSSR count). The van der Waals surface area contributed by atoms with Crippen molar-refractivity contribution in [2.24, 2.45) is 0 Å². The molecule has 3 aromatic heterocycles. The van der Waals surface area contributed by atoms with E-state index in [0.29, 0.717) is 119 Å². The van der Waals surface area contributed by atoms with Gasteiger partial charge in [0.2, 0.25) is 0 Å². The molecule has 4 aromatic carbocycles. The first-order chi connectivity index (χ1) is 23.0. The molecule has 234 valence electrons. The van der Waals surface area contributed by atoms with Gasteiger partial charge in [0.25, 0.3) is 0 Å². The van der Waals surface area contributed by atoms with Gasteiger partial charge in [-0.25, -0.2) is 24.9 Å². The summed E-state index contributed by atoms with van der Waals surface area (Å²) in [6.45, 7) is 0. The number of nitrogens with zero attached hydrogens (tertiary/aromatic N) is 5. The number of benzene rings is 4. The summed E-state index contributed by atoms with van der Waals surface area (Å²) in [6.07, 6.45) is 0. The van der Waals surface area contributed by atoms with Crippen LogP contribution in [0.4, 0.5) is 0 Å². The van der Waals surface area contributed by atoms with Crippen molar-refractivity contribution < 1.29 is 0 Å². The van der Waals surface area contributed by atoms with Crippen LogP contribution in [0.2, 0.25) is 40.2 Å². The molecular formula is C33H11Cl8N7. The second-order valence-electron chi connectivity index (χ2n) is 11.0. The molecule has 0 unspecified atom stereocenters. The smallest absolute Gasteiger partial charge is 0.164 e. The summed E-state index contributed by atoms with van der Waals surface area (Å²) in [5.41, 5.74) is 5.18. The van der Waals surface area contributed by atoms with Gasteiger partial charge in [-0.1, -0.05) is 92.8 Å². The molecule has 0 spiro atoms. The highest BCUT2D eigenvalue weighted by atomic mass is 35.5. The number of aromatic nitrogens is 7. The molecule has 2 aliphatic heterocycles. The van der Waals surface area contributed by atoms with Crippen molar-refractivity contribution in [2.45, 2.75) is 0 Å². The summed E-state index contributed by atoms with van der Waals surface area (Å²) >= 11 is 52.0. The molecule has 48 heavy (non-hydrogen) atoms. The number of halogens is 8. The monoisotopic (exact) mass is 785 g/mol. The van der Waals surface area contributed by atoms with E-state index in [0.717, 1.165) is 10.9 Å². The Bertz CT molecular complexity index is 2420. The Kier molecular flexibility index (Phi) is 7.07. The van der Waals surface area contributed by atoms with Crippen LogP contribution < -0.4 is 0 Å². The fraction of sp³-hybridized carbons (Fsp3) is 0. The zero-order valence-corrected chi connectivity index (χ0v) is 29.5. The third-order valence-corrected chi connectivity index (χ3v) is 11.0. The first-order valence-corrected chi connectivity index (χ1v) is 17.0. The van der Waals surface area contributed by atoms with Crippen LogP contribution in [-0.4, -0.2) is 34.9 Å². The van der Waals surface area contributed by atoms with E-state index < -0.39 is 0 Å². The van der Waals surface area contributed by atoms with E-state index in [1.54, 1.807) is 48.5 Å². The number of hydrogen-bond donors (Lipinski definition) is 2. The minimum Gasteiger partial charge on any atom is -0.339 e. The molecule has 0 saturated heterocycles. The van der Waals surface area contributed by atoms with E-state index >= 15 is 0 Å². The van der Waals surface area contributed by atoms with E-state index in [4.69, 9.17) is 118 Å². The lowest BCUT2D eigenvalue weighted by molar-refractivity contribution is 1.21. The molecule has 0 saturated carbocycles. The molecule has 0 fully saturated rings. The minimum atomic E-state index is 0.333. The van der Waals surface area contributed by atoms with Crippen LogP contribution in [-0.2, 0) is 0 Å². The quantitative estimate of drug-likeness (QED) is 0.159. The average Bonchev–Trinajstić information content (AvgIpc) is 3.74.